The van der Waals surface area contributed by atoms with E-state index in [1.54, 1.807) is 0 Å². The number of aliphatic imine (C=N–C) groups is 1. The van der Waals surface area contributed by atoms with E-state index in [2.05, 4.69) is 45.1 Å². The number of aromatic nitrogens is 2. The van der Waals surface area contributed by atoms with Crippen LogP contribution in [-0.2, 0) is 11.8 Å². The lowest BCUT2D eigenvalue weighted by Gasteiger charge is -2.47. The molecule has 1 aromatic rings. The largest absolute Gasteiger partial charge is 0.370 e. The Morgan fingerprint density at radius 3 is 2.77 bits per heavy atom. The quantitative estimate of drug-likeness (QED) is 0.568. The second-order valence-electron chi connectivity index (χ2n) is 8.81. The standard InChI is InChI=1S/C22H38N6OS/c1-3-23-21(27-9-12-29-20(17-27)19-15-25-26(2)16-19)24-18-22(7-5-4-6-8-22)28-10-13-30-14-11-28/h15-16,20H,3-14,17-18H2,1-2H3,(H,23,24). The lowest BCUT2D eigenvalue weighted by atomic mass is 9.80. The van der Waals surface area contributed by atoms with E-state index < -0.39 is 0 Å². The molecular formula is C22H38N6OS. The van der Waals surface area contributed by atoms with Crippen LogP contribution in [0.4, 0.5) is 0 Å². The topological polar surface area (TPSA) is 57.9 Å². The van der Waals surface area contributed by atoms with E-state index in [9.17, 15) is 0 Å². The lowest BCUT2D eigenvalue weighted by Crippen LogP contribution is -2.56. The Hall–Kier alpha value is -1.25. The number of aryl methyl sites for hydroxylation is 1. The molecule has 0 radical (unpaired) electrons. The molecule has 30 heavy (non-hydrogen) atoms. The summed E-state index contributed by atoms with van der Waals surface area (Å²) in [5.41, 5.74) is 1.40. The summed E-state index contributed by atoms with van der Waals surface area (Å²) in [5, 5.41) is 7.89. The molecular weight excluding hydrogens is 396 g/mol. The first-order valence-electron chi connectivity index (χ1n) is 11.7. The number of hydrogen-bond donors (Lipinski definition) is 1. The Morgan fingerprint density at radius 1 is 1.27 bits per heavy atom. The van der Waals surface area contributed by atoms with Gasteiger partial charge in [0.2, 0.25) is 0 Å². The minimum absolute atomic E-state index is 0.0547. The Morgan fingerprint density at radius 2 is 2.07 bits per heavy atom. The van der Waals surface area contributed by atoms with Crippen molar-refractivity contribution in [3.05, 3.63) is 18.0 Å². The van der Waals surface area contributed by atoms with E-state index >= 15 is 0 Å². The average Bonchev–Trinajstić information content (AvgIpc) is 3.24. The third-order valence-electron chi connectivity index (χ3n) is 6.79. The fourth-order valence-corrected chi connectivity index (χ4v) is 6.02. The highest BCUT2D eigenvalue weighted by atomic mass is 32.2. The van der Waals surface area contributed by atoms with Crippen LogP contribution in [0, 0.1) is 0 Å². The number of nitrogens with one attached hydrogen (secondary N) is 1. The van der Waals surface area contributed by atoms with Crippen LogP contribution in [0.25, 0.3) is 0 Å². The normalized spacial score (nSPS) is 26.0. The number of thioether (sulfide) groups is 1. The molecule has 168 valence electrons. The van der Waals surface area contributed by atoms with Crippen LogP contribution in [0.5, 0.6) is 0 Å². The van der Waals surface area contributed by atoms with Crippen LogP contribution < -0.4 is 5.32 Å². The molecule has 1 aromatic heterocycles. The summed E-state index contributed by atoms with van der Waals surface area (Å²) in [6.45, 7) is 8.83. The van der Waals surface area contributed by atoms with Crippen molar-refractivity contribution in [2.24, 2.45) is 12.0 Å². The third kappa shape index (κ3) is 5.14. The van der Waals surface area contributed by atoms with Gasteiger partial charge in [0, 0.05) is 62.0 Å². The van der Waals surface area contributed by atoms with E-state index in [1.807, 2.05) is 17.9 Å². The maximum atomic E-state index is 6.06. The van der Waals surface area contributed by atoms with E-state index in [-0.39, 0.29) is 11.6 Å². The summed E-state index contributed by atoms with van der Waals surface area (Å²) in [5.74, 6) is 3.58. The predicted octanol–water partition coefficient (Wildman–Crippen LogP) is 2.51. The van der Waals surface area contributed by atoms with Crippen molar-refractivity contribution >= 4 is 17.7 Å². The highest BCUT2D eigenvalue weighted by Crippen LogP contribution is 2.35. The molecule has 4 rings (SSSR count). The molecule has 0 spiro atoms. The van der Waals surface area contributed by atoms with Gasteiger partial charge in [0.25, 0.3) is 0 Å². The maximum Gasteiger partial charge on any atom is 0.194 e. The monoisotopic (exact) mass is 434 g/mol. The van der Waals surface area contributed by atoms with Gasteiger partial charge in [-0.05, 0) is 19.8 Å². The van der Waals surface area contributed by atoms with Crippen LogP contribution in [0.1, 0.15) is 50.7 Å². The van der Waals surface area contributed by atoms with Gasteiger partial charge in [-0.15, -0.1) is 0 Å². The molecule has 2 aliphatic heterocycles. The van der Waals surface area contributed by atoms with Gasteiger partial charge in [-0.1, -0.05) is 19.3 Å². The Labute approximate surface area is 185 Å². The van der Waals surface area contributed by atoms with Gasteiger partial charge < -0.3 is 15.0 Å². The highest BCUT2D eigenvalue weighted by Gasteiger charge is 2.38. The molecule has 7 nitrogen and oxygen atoms in total. The fraction of sp³-hybridized carbons (Fsp3) is 0.818. The van der Waals surface area contributed by atoms with Crippen molar-refractivity contribution in [1.29, 1.82) is 0 Å². The molecule has 3 aliphatic rings. The molecule has 0 bridgehead atoms. The maximum absolute atomic E-state index is 6.06. The van der Waals surface area contributed by atoms with E-state index in [0.717, 1.165) is 44.3 Å². The Bertz CT molecular complexity index is 696. The van der Waals surface area contributed by atoms with Crippen LogP contribution in [0.2, 0.25) is 0 Å². The molecule has 0 aromatic carbocycles. The summed E-state index contributed by atoms with van der Waals surface area (Å²) in [6.07, 6.45) is 10.7. The van der Waals surface area contributed by atoms with Crippen molar-refractivity contribution in [3.63, 3.8) is 0 Å². The van der Waals surface area contributed by atoms with Crippen molar-refractivity contribution in [2.75, 3.05) is 57.4 Å². The number of nitrogens with zero attached hydrogens (tertiary/aromatic N) is 5. The van der Waals surface area contributed by atoms with Crippen LogP contribution in [0.15, 0.2) is 17.4 Å². The molecule has 0 amide bonds. The average molecular weight is 435 g/mol. The van der Waals surface area contributed by atoms with Crippen LogP contribution in [-0.4, -0.2) is 88.5 Å². The molecule has 1 atom stereocenters. The summed E-state index contributed by atoms with van der Waals surface area (Å²) in [7, 11) is 1.96. The van der Waals surface area contributed by atoms with Gasteiger partial charge in [-0.25, -0.2) is 0 Å². The van der Waals surface area contributed by atoms with Crippen molar-refractivity contribution < 1.29 is 4.74 Å². The molecule has 2 saturated heterocycles. The van der Waals surface area contributed by atoms with E-state index in [0.29, 0.717) is 0 Å². The third-order valence-corrected chi connectivity index (χ3v) is 7.73. The number of hydrogen-bond acceptors (Lipinski definition) is 5. The smallest absolute Gasteiger partial charge is 0.194 e. The zero-order valence-corrected chi connectivity index (χ0v) is 19.5. The van der Waals surface area contributed by atoms with Gasteiger partial charge in [0.05, 0.1) is 25.9 Å². The predicted molar refractivity (Wildman–Crippen MR) is 124 cm³/mol. The van der Waals surface area contributed by atoms with Gasteiger partial charge in [-0.3, -0.25) is 14.6 Å². The Balaban J connectivity index is 1.49. The van der Waals surface area contributed by atoms with Gasteiger partial charge in [0.15, 0.2) is 5.96 Å². The van der Waals surface area contributed by atoms with Crippen LogP contribution >= 0.6 is 11.8 Å². The molecule has 1 N–H and O–H groups in total. The Kier molecular flexibility index (Phi) is 7.59. The molecule has 3 fully saturated rings. The fourth-order valence-electron chi connectivity index (χ4n) is 5.12. The summed E-state index contributed by atoms with van der Waals surface area (Å²) in [6, 6.07) is 0. The molecule has 1 saturated carbocycles. The number of morpholine rings is 1. The zero-order chi connectivity index (χ0) is 20.8. The van der Waals surface area contributed by atoms with Crippen molar-refractivity contribution in [2.45, 2.75) is 50.7 Å². The molecule has 1 aliphatic carbocycles. The van der Waals surface area contributed by atoms with E-state index in [4.69, 9.17) is 9.73 Å². The minimum Gasteiger partial charge on any atom is -0.370 e. The summed E-state index contributed by atoms with van der Waals surface area (Å²) < 4.78 is 7.90. The van der Waals surface area contributed by atoms with Crippen LogP contribution in [0.3, 0.4) is 0 Å². The first-order valence-corrected chi connectivity index (χ1v) is 12.8. The number of guanidine groups is 1. The van der Waals surface area contributed by atoms with Gasteiger partial charge in [0.1, 0.15) is 6.10 Å². The number of rotatable bonds is 5. The SMILES string of the molecule is CCNC(=NCC1(N2CCSCC2)CCCCC1)N1CCOC(c2cnn(C)c2)C1. The van der Waals surface area contributed by atoms with Gasteiger partial charge >= 0.3 is 0 Å². The van der Waals surface area contributed by atoms with E-state index in [1.165, 1.54) is 56.7 Å². The highest BCUT2D eigenvalue weighted by molar-refractivity contribution is 7.99. The molecule has 8 heteroatoms. The van der Waals surface area contributed by atoms with Gasteiger partial charge in [-0.2, -0.15) is 16.9 Å². The summed E-state index contributed by atoms with van der Waals surface area (Å²) in [4.78, 5) is 10.4. The first-order chi connectivity index (χ1) is 14.7. The molecule has 3 heterocycles. The van der Waals surface area contributed by atoms with Crippen molar-refractivity contribution in [3.8, 4) is 0 Å². The second-order valence-corrected chi connectivity index (χ2v) is 10.0. The first kappa shape index (κ1) is 22.0. The second kappa shape index (κ2) is 10.4. The summed E-state index contributed by atoms with van der Waals surface area (Å²) >= 11 is 2.10. The molecule has 1 unspecified atom stereocenters. The minimum atomic E-state index is 0.0547. The zero-order valence-electron chi connectivity index (χ0n) is 18.7. The van der Waals surface area contributed by atoms with Crippen molar-refractivity contribution in [1.82, 2.24) is 24.9 Å². The number of ether oxygens (including phenoxy) is 1. The lowest BCUT2D eigenvalue weighted by molar-refractivity contribution is -0.00827.